The maximum Gasteiger partial charge on any atom is 0.387 e. The van der Waals surface area contributed by atoms with Crippen molar-refractivity contribution in [2.45, 2.75) is 13.2 Å². The lowest BCUT2D eigenvalue weighted by Crippen LogP contribution is -2.26. The van der Waals surface area contributed by atoms with Gasteiger partial charge in [0.05, 0.1) is 5.02 Å². The highest BCUT2D eigenvalue weighted by Crippen LogP contribution is 2.28. The molecule has 0 saturated carbocycles. The second-order valence-corrected chi connectivity index (χ2v) is 4.65. The molecular formula is C14H11ClF2N2O3. The number of carbonyl (C=O) groups excluding carboxylic acids is 1. The lowest BCUT2D eigenvalue weighted by molar-refractivity contribution is -0.116. The van der Waals surface area contributed by atoms with Gasteiger partial charge in [-0.05, 0) is 24.3 Å². The molecule has 1 amide bonds. The Morgan fingerprint density at radius 2 is 2.09 bits per heavy atom. The Hall–Kier alpha value is -2.41. The van der Waals surface area contributed by atoms with Gasteiger partial charge in [-0.15, -0.1) is 0 Å². The van der Waals surface area contributed by atoms with E-state index in [0.717, 1.165) is 0 Å². The smallest absolute Gasteiger partial charge is 0.387 e. The summed E-state index contributed by atoms with van der Waals surface area (Å²) < 4.78 is 29.6. The quantitative estimate of drug-likeness (QED) is 0.918. The van der Waals surface area contributed by atoms with Crippen LogP contribution in [0.3, 0.4) is 0 Å². The molecule has 0 bridgehead atoms. The van der Waals surface area contributed by atoms with E-state index in [1.54, 1.807) is 12.1 Å². The van der Waals surface area contributed by atoms with E-state index >= 15 is 0 Å². The molecule has 1 aromatic carbocycles. The molecule has 1 N–H and O–H groups in total. The highest BCUT2D eigenvalue weighted by Gasteiger charge is 2.10. The van der Waals surface area contributed by atoms with E-state index in [-0.39, 0.29) is 22.9 Å². The van der Waals surface area contributed by atoms with Gasteiger partial charge in [0, 0.05) is 18.0 Å². The van der Waals surface area contributed by atoms with E-state index in [4.69, 9.17) is 11.6 Å². The van der Waals surface area contributed by atoms with Crippen LogP contribution in [0.4, 0.5) is 14.5 Å². The molecule has 0 saturated heterocycles. The van der Waals surface area contributed by atoms with Crippen LogP contribution in [0.2, 0.25) is 5.02 Å². The van der Waals surface area contributed by atoms with Gasteiger partial charge in [0.15, 0.2) is 0 Å². The first kappa shape index (κ1) is 16.0. The minimum Gasteiger partial charge on any atom is -0.433 e. The van der Waals surface area contributed by atoms with Crippen molar-refractivity contribution in [3.8, 4) is 5.75 Å². The number of hydrogen-bond donors (Lipinski definition) is 1. The fourth-order valence-electron chi connectivity index (χ4n) is 1.72. The predicted octanol–water partition coefficient (Wildman–Crippen LogP) is 2.74. The Bertz CT molecular complexity index is 734. The summed E-state index contributed by atoms with van der Waals surface area (Å²) in [6, 6.07) is 8.40. The number of halogens is 3. The summed E-state index contributed by atoms with van der Waals surface area (Å²) in [7, 11) is 0. The normalized spacial score (nSPS) is 10.5. The minimum atomic E-state index is -2.98. The van der Waals surface area contributed by atoms with Gasteiger partial charge in [0.1, 0.15) is 12.3 Å². The molecule has 0 atom stereocenters. The summed E-state index contributed by atoms with van der Waals surface area (Å²) in [5.74, 6) is -0.638. The summed E-state index contributed by atoms with van der Waals surface area (Å²) in [5, 5.41) is 2.45. The Balaban J connectivity index is 2.04. The number of alkyl halides is 2. The number of aromatic nitrogens is 1. The molecule has 2 rings (SSSR count). The average molecular weight is 329 g/mol. The van der Waals surface area contributed by atoms with Gasteiger partial charge in [-0.3, -0.25) is 9.59 Å². The fraction of sp³-hybridized carbons (Fsp3) is 0.143. The second kappa shape index (κ2) is 7.04. The third-order valence-electron chi connectivity index (χ3n) is 2.64. The molecule has 1 heterocycles. The summed E-state index contributed by atoms with van der Waals surface area (Å²) >= 11 is 5.78. The van der Waals surface area contributed by atoms with Crippen molar-refractivity contribution in [1.29, 1.82) is 0 Å². The van der Waals surface area contributed by atoms with Crippen molar-refractivity contribution in [3.63, 3.8) is 0 Å². The molecular weight excluding hydrogens is 318 g/mol. The first-order chi connectivity index (χ1) is 10.5. The minimum absolute atomic E-state index is 0.0602. The van der Waals surface area contributed by atoms with Gasteiger partial charge >= 0.3 is 6.61 Å². The van der Waals surface area contributed by atoms with Crippen molar-refractivity contribution < 1.29 is 18.3 Å². The van der Waals surface area contributed by atoms with Crippen molar-refractivity contribution >= 4 is 23.2 Å². The third-order valence-corrected chi connectivity index (χ3v) is 2.94. The molecule has 22 heavy (non-hydrogen) atoms. The molecule has 8 heteroatoms. The van der Waals surface area contributed by atoms with Crippen LogP contribution in [0.15, 0.2) is 47.4 Å². The third kappa shape index (κ3) is 4.29. The standard InChI is InChI=1S/C14H11ClF2N2O3/c15-10-7-9(4-5-11(10)22-14(16)17)18-12(20)8-19-6-2-1-3-13(19)21/h1-7,14H,8H2,(H,18,20). The number of nitrogens with zero attached hydrogens (tertiary/aromatic N) is 1. The number of rotatable bonds is 5. The Kier molecular flexibility index (Phi) is 5.11. The van der Waals surface area contributed by atoms with Crippen LogP contribution in [0.25, 0.3) is 0 Å². The molecule has 0 radical (unpaired) electrons. The first-order valence-electron chi connectivity index (χ1n) is 6.15. The van der Waals surface area contributed by atoms with Crippen molar-refractivity contribution in [2.24, 2.45) is 0 Å². The summed E-state index contributed by atoms with van der Waals surface area (Å²) in [5.41, 5.74) is -0.00281. The zero-order valence-electron chi connectivity index (χ0n) is 11.1. The summed E-state index contributed by atoms with van der Waals surface area (Å²) in [4.78, 5) is 23.3. The van der Waals surface area contributed by atoms with E-state index in [2.05, 4.69) is 10.1 Å². The Morgan fingerprint density at radius 3 is 2.73 bits per heavy atom. The number of anilines is 1. The van der Waals surface area contributed by atoms with Crippen LogP contribution in [0.5, 0.6) is 5.75 Å². The maximum atomic E-state index is 12.1. The van der Waals surface area contributed by atoms with Crippen molar-refractivity contribution in [2.75, 3.05) is 5.32 Å². The lowest BCUT2D eigenvalue weighted by Gasteiger charge is -2.10. The predicted molar refractivity (Wildman–Crippen MR) is 77.4 cm³/mol. The number of pyridine rings is 1. The molecule has 2 aromatic rings. The fourth-order valence-corrected chi connectivity index (χ4v) is 1.94. The van der Waals surface area contributed by atoms with Gasteiger partial charge in [-0.1, -0.05) is 17.7 Å². The van der Waals surface area contributed by atoms with Gasteiger partial charge in [-0.2, -0.15) is 8.78 Å². The summed E-state index contributed by atoms with van der Waals surface area (Å²) in [6.07, 6.45) is 1.48. The van der Waals surface area contributed by atoms with Crippen LogP contribution in [-0.4, -0.2) is 17.1 Å². The van der Waals surface area contributed by atoms with E-state index < -0.39 is 12.5 Å². The Labute approximate surface area is 129 Å². The average Bonchev–Trinajstić information content (AvgIpc) is 2.44. The highest BCUT2D eigenvalue weighted by atomic mass is 35.5. The monoisotopic (exact) mass is 328 g/mol. The summed E-state index contributed by atoms with van der Waals surface area (Å²) in [6.45, 7) is -3.16. The number of amides is 1. The van der Waals surface area contributed by atoms with Crippen molar-refractivity contribution in [3.05, 3.63) is 58.0 Å². The van der Waals surface area contributed by atoms with Crippen LogP contribution >= 0.6 is 11.6 Å². The molecule has 0 fully saturated rings. The van der Waals surface area contributed by atoms with E-state index in [1.165, 1.54) is 35.0 Å². The molecule has 0 unspecified atom stereocenters. The van der Waals surface area contributed by atoms with Crippen LogP contribution < -0.4 is 15.6 Å². The number of carbonyl (C=O) groups is 1. The number of hydrogen-bond acceptors (Lipinski definition) is 3. The maximum absolute atomic E-state index is 12.1. The molecule has 5 nitrogen and oxygen atoms in total. The van der Waals surface area contributed by atoms with Gasteiger partial charge < -0.3 is 14.6 Å². The zero-order chi connectivity index (χ0) is 16.1. The number of benzene rings is 1. The second-order valence-electron chi connectivity index (χ2n) is 4.24. The number of nitrogens with one attached hydrogen (secondary N) is 1. The Morgan fingerprint density at radius 1 is 1.32 bits per heavy atom. The molecule has 0 aliphatic carbocycles. The zero-order valence-corrected chi connectivity index (χ0v) is 11.9. The topological polar surface area (TPSA) is 60.3 Å². The van der Waals surface area contributed by atoms with E-state index in [1.807, 2.05) is 0 Å². The molecule has 0 aliphatic rings. The first-order valence-corrected chi connectivity index (χ1v) is 6.53. The van der Waals surface area contributed by atoms with Gasteiger partial charge in [0.25, 0.3) is 5.56 Å². The molecule has 116 valence electrons. The van der Waals surface area contributed by atoms with Crippen LogP contribution in [0, 0.1) is 0 Å². The van der Waals surface area contributed by atoms with Crippen LogP contribution in [-0.2, 0) is 11.3 Å². The van der Waals surface area contributed by atoms with Crippen LogP contribution in [0.1, 0.15) is 0 Å². The van der Waals surface area contributed by atoms with E-state index in [9.17, 15) is 18.4 Å². The van der Waals surface area contributed by atoms with E-state index in [0.29, 0.717) is 5.69 Å². The highest BCUT2D eigenvalue weighted by molar-refractivity contribution is 6.32. The van der Waals surface area contributed by atoms with Gasteiger partial charge in [0.2, 0.25) is 5.91 Å². The largest absolute Gasteiger partial charge is 0.433 e. The number of ether oxygens (including phenoxy) is 1. The van der Waals surface area contributed by atoms with Crippen molar-refractivity contribution in [1.82, 2.24) is 4.57 Å². The molecule has 0 spiro atoms. The lowest BCUT2D eigenvalue weighted by atomic mass is 10.3. The van der Waals surface area contributed by atoms with Gasteiger partial charge in [-0.25, -0.2) is 0 Å². The molecule has 0 aliphatic heterocycles. The SMILES string of the molecule is O=C(Cn1ccccc1=O)Nc1ccc(OC(F)F)c(Cl)c1. The molecule has 1 aromatic heterocycles.